The van der Waals surface area contributed by atoms with E-state index in [1.807, 2.05) is 13.8 Å². The lowest BCUT2D eigenvalue weighted by atomic mass is 10.2. The summed E-state index contributed by atoms with van der Waals surface area (Å²) in [5.41, 5.74) is 0. The molecular formula is C6H15NO. The Kier molecular flexibility index (Phi) is 3.83. The fourth-order valence-corrected chi connectivity index (χ4v) is 0.493. The summed E-state index contributed by atoms with van der Waals surface area (Å²) in [6.45, 7) is 6.70. The first-order valence-electron chi connectivity index (χ1n) is 3.10. The van der Waals surface area contributed by atoms with Crippen molar-refractivity contribution in [1.82, 2.24) is 5.32 Å². The van der Waals surface area contributed by atoms with Crippen molar-refractivity contribution in [2.24, 2.45) is 0 Å². The average Bonchev–Trinajstić information content (AvgIpc) is 1.67. The quantitative estimate of drug-likeness (QED) is 0.559. The van der Waals surface area contributed by atoms with Crippen LogP contribution in [0.15, 0.2) is 0 Å². The Bertz CT molecular complexity index is 54.5. The normalized spacial score (nSPS) is 18.0. The highest BCUT2D eigenvalue weighted by atomic mass is 16.3. The van der Waals surface area contributed by atoms with Gasteiger partial charge in [-0.3, -0.25) is 0 Å². The van der Waals surface area contributed by atoms with Gasteiger partial charge in [0.25, 0.3) is 0 Å². The number of hydrogen-bond acceptors (Lipinski definition) is 2. The first-order valence-corrected chi connectivity index (χ1v) is 3.10. The van der Waals surface area contributed by atoms with E-state index in [1.54, 1.807) is 6.92 Å². The van der Waals surface area contributed by atoms with Gasteiger partial charge in [-0.15, -0.1) is 0 Å². The number of aliphatic hydroxyl groups excluding tert-OH is 1. The van der Waals surface area contributed by atoms with Crippen LogP contribution < -0.4 is 5.32 Å². The highest BCUT2D eigenvalue weighted by Crippen LogP contribution is 1.87. The van der Waals surface area contributed by atoms with Crippen LogP contribution in [0.1, 0.15) is 20.8 Å². The summed E-state index contributed by atoms with van der Waals surface area (Å²) in [5.74, 6) is 0. The Balaban J connectivity index is 3.17. The highest BCUT2D eigenvalue weighted by molar-refractivity contribution is 4.63. The van der Waals surface area contributed by atoms with Crippen molar-refractivity contribution >= 4 is 0 Å². The van der Waals surface area contributed by atoms with Gasteiger partial charge in [0.05, 0.1) is 6.10 Å². The lowest BCUT2D eigenvalue weighted by molar-refractivity contribution is 0.154. The standard InChI is InChI=1S/C6H15NO/c1-4-7-5(2)6(3)8/h5-8H,4H2,1-3H3. The van der Waals surface area contributed by atoms with Crippen molar-refractivity contribution in [3.8, 4) is 0 Å². The van der Waals surface area contributed by atoms with E-state index in [9.17, 15) is 0 Å². The molecule has 2 nitrogen and oxygen atoms in total. The third kappa shape index (κ3) is 2.99. The van der Waals surface area contributed by atoms with E-state index in [2.05, 4.69) is 5.32 Å². The van der Waals surface area contributed by atoms with Crippen LogP contribution in [0.2, 0.25) is 0 Å². The van der Waals surface area contributed by atoms with E-state index in [0.717, 1.165) is 6.54 Å². The summed E-state index contributed by atoms with van der Waals surface area (Å²) in [6, 6.07) is 0.222. The Hall–Kier alpha value is -0.0800. The van der Waals surface area contributed by atoms with Gasteiger partial charge in [0.15, 0.2) is 0 Å². The van der Waals surface area contributed by atoms with Crippen LogP contribution in [0.25, 0.3) is 0 Å². The number of hydrogen-bond donors (Lipinski definition) is 2. The molecule has 0 spiro atoms. The van der Waals surface area contributed by atoms with Crippen LogP contribution >= 0.6 is 0 Å². The van der Waals surface area contributed by atoms with Gasteiger partial charge in [0.1, 0.15) is 0 Å². The second-order valence-corrected chi connectivity index (χ2v) is 2.09. The van der Waals surface area contributed by atoms with Gasteiger partial charge in [-0.05, 0) is 20.4 Å². The van der Waals surface area contributed by atoms with Gasteiger partial charge in [-0.1, -0.05) is 6.92 Å². The minimum atomic E-state index is -0.241. The molecule has 0 radical (unpaired) electrons. The largest absolute Gasteiger partial charge is 0.392 e. The summed E-state index contributed by atoms with van der Waals surface area (Å²) in [5, 5.41) is 12.0. The number of nitrogens with one attached hydrogen (secondary N) is 1. The molecule has 0 aromatic carbocycles. The summed E-state index contributed by atoms with van der Waals surface area (Å²) in [6.07, 6.45) is -0.241. The molecular weight excluding hydrogens is 102 g/mol. The van der Waals surface area contributed by atoms with Gasteiger partial charge >= 0.3 is 0 Å². The Morgan fingerprint density at radius 1 is 1.50 bits per heavy atom. The van der Waals surface area contributed by atoms with Crippen LogP contribution in [-0.4, -0.2) is 23.8 Å². The first-order chi connectivity index (χ1) is 3.68. The molecule has 0 aliphatic rings. The zero-order valence-electron chi connectivity index (χ0n) is 5.81. The average molecular weight is 117 g/mol. The third-order valence-corrected chi connectivity index (χ3v) is 1.25. The molecule has 0 heterocycles. The maximum absolute atomic E-state index is 8.89. The van der Waals surface area contributed by atoms with E-state index in [0.29, 0.717) is 0 Å². The van der Waals surface area contributed by atoms with E-state index >= 15 is 0 Å². The van der Waals surface area contributed by atoms with Gasteiger partial charge in [0, 0.05) is 6.04 Å². The monoisotopic (exact) mass is 117 g/mol. The Labute approximate surface area is 50.9 Å². The molecule has 0 aliphatic heterocycles. The molecule has 0 amide bonds. The summed E-state index contributed by atoms with van der Waals surface area (Å²) in [7, 11) is 0. The molecule has 8 heavy (non-hydrogen) atoms. The predicted octanol–water partition coefficient (Wildman–Crippen LogP) is 0.365. The van der Waals surface area contributed by atoms with Crippen LogP contribution in [0.4, 0.5) is 0 Å². The molecule has 0 aromatic rings. The smallest absolute Gasteiger partial charge is 0.0662 e. The molecule has 0 aliphatic carbocycles. The summed E-state index contributed by atoms with van der Waals surface area (Å²) < 4.78 is 0. The fourth-order valence-electron chi connectivity index (χ4n) is 0.493. The van der Waals surface area contributed by atoms with Crippen molar-refractivity contribution < 1.29 is 5.11 Å². The SMILES string of the molecule is CCNC(C)C(C)O. The maximum Gasteiger partial charge on any atom is 0.0662 e. The maximum atomic E-state index is 8.89. The van der Waals surface area contributed by atoms with Gasteiger partial charge in [-0.25, -0.2) is 0 Å². The zero-order valence-corrected chi connectivity index (χ0v) is 5.81. The van der Waals surface area contributed by atoms with Crippen LogP contribution in [0.3, 0.4) is 0 Å². The summed E-state index contributed by atoms with van der Waals surface area (Å²) in [4.78, 5) is 0. The van der Waals surface area contributed by atoms with Crippen molar-refractivity contribution in [3.05, 3.63) is 0 Å². The molecule has 2 unspecified atom stereocenters. The van der Waals surface area contributed by atoms with Crippen LogP contribution in [0.5, 0.6) is 0 Å². The van der Waals surface area contributed by atoms with Crippen molar-refractivity contribution in [1.29, 1.82) is 0 Å². The molecule has 50 valence electrons. The minimum Gasteiger partial charge on any atom is -0.392 e. The first kappa shape index (κ1) is 7.92. The van der Waals surface area contributed by atoms with E-state index < -0.39 is 0 Å². The van der Waals surface area contributed by atoms with Gasteiger partial charge < -0.3 is 10.4 Å². The number of likely N-dealkylation sites (N-methyl/N-ethyl adjacent to an activating group) is 1. The van der Waals surface area contributed by atoms with Gasteiger partial charge in [-0.2, -0.15) is 0 Å². The fraction of sp³-hybridized carbons (Fsp3) is 1.00. The Morgan fingerprint density at radius 3 is 2.12 bits per heavy atom. The molecule has 0 saturated carbocycles. The van der Waals surface area contributed by atoms with Crippen molar-refractivity contribution in [2.75, 3.05) is 6.54 Å². The van der Waals surface area contributed by atoms with Crippen molar-refractivity contribution in [2.45, 2.75) is 32.9 Å². The molecule has 0 rings (SSSR count). The van der Waals surface area contributed by atoms with E-state index in [1.165, 1.54) is 0 Å². The zero-order chi connectivity index (χ0) is 6.57. The Morgan fingerprint density at radius 2 is 2.00 bits per heavy atom. The minimum absolute atomic E-state index is 0.222. The summed E-state index contributed by atoms with van der Waals surface area (Å²) >= 11 is 0. The van der Waals surface area contributed by atoms with Gasteiger partial charge in [0.2, 0.25) is 0 Å². The van der Waals surface area contributed by atoms with E-state index in [4.69, 9.17) is 5.11 Å². The molecule has 0 fully saturated rings. The number of aliphatic hydroxyl groups is 1. The highest BCUT2D eigenvalue weighted by Gasteiger charge is 2.04. The lowest BCUT2D eigenvalue weighted by Crippen LogP contribution is -2.35. The van der Waals surface area contributed by atoms with Crippen LogP contribution in [-0.2, 0) is 0 Å². The second-order valence-electron chi connectivity index (χ2n) is 2.09. The molecule has 0 aromatic heterocycles. The third-order valence-electron chi connectivity index (χ3n) is 1.25. The topological polar surface area (TPSA) is 32.3 Å². The van der Waals surface area contributed by atoms with Crippen molar-refractivity contribution in [3.63, 3.8) is 0 Å². The molecule has 0 saturated heterocycles. The van der Waals surface area contributed by atoms with Crippen LogP contribution in [0, 0.1) is 0 Å². The molecule has 2 atom stereocenters. The number of rotatable bonds is 3. The second kappa shape index (κ2) is 3.87. The van der Waals surface area contributed by atoms with E-state index in [-0.39, 0.29) is 12.1 Å². The lowest BCUT2D eigenvalue weighted by Gasteiger charge is -2.14. The molecule has 0 bridgehead atoms. The molecule has 2 heteroatoms. The molecule has 2 N–H and O–H groups in total. The predicted molar refractivity (Wildman–Crippen MR) is 34.8 cm³/mol.